The van der Waals surface area contributed by atoms with Crippen molar-refractivity contribution in [3.05, 3.63) is 24.3 Å². The topological polar surface area (TPSA) is 50.8 Å². The molecule has 0 aliphatic carbocycles. The molecule has 1 amide bonds. The molecule has 0 aromatic heterocycles. The fraction of sp³-hybridized carbons (Fsp3) is 0.588. The quantitative estimate of drug-likeness (QED) is 0.895. The van der Waals surface area contributed by atoms with E-state index >= 15 is 0 Å². The van der Waals surface area contributed by atoms with Crippen LogP contribution < -0.4 is 10.1 Å². The summed E-state index contributed by atoms with van der Waals surface area (Å²) in [6.07, 6.45) is 1.41. The number of alkyl halides is 2. The van der Waals surface area contributed by atoms with Crippen molar-refractivity contribution in [3.63, 3.8) is 0 Å². The van der Waals surface area contributed by atoms with Crippen LogP contribution in [0.15, 0.2) is 24.3 Å². The Bertz CT molecular complexity index is 561. The van der Waals surface area contributed by atoms with Crippen LogP contribution in [0, 0.1) is 0 Å². The van der Waals surface area contributed by atoms with E-state index in [-0.39, 0.29) is 17.9 Å². The molecule has 5 nitrogen and oxygen atoms in total. The Morgan fingerprint density at radius 1 is 1.38 bits per heavy atom. The number of piperidine rings is 1. The summed E-state index contributed by atoms with van der Waals surface area (Å²) in [7, 11) is 0. The predicted molar refractivity (Wildman–Crippen MR) is 87.5 cm³/mol. The largest absolute Gasteiger partial charge is 0.444 e. The number of likely N-dealkylation sites (tertiary alicyclic amines) is 1. The van der Waals surface area contributed by atoms with E-state index in [0.717, 1.165) is 12.8 Å². The molecule has 1 atom stereocenters. The second kappa shape index (κ2) is 7.68. The van der Waals surface area contributed by atoms with E-state index in [1.165, 1.54) is 12.1 Å². The third-order valence-corrected chi connectivity index (χ3v) is 3.50. The molecular formula is C17H24F2N2O3. The Morgan fingerprint density at radius 2 is 2.12 bits per heavy atom. The van der Waals surface area contributed by atoms with Crippen molar-refractivity contribution in [3.8, 4) is 5.75 Å². The van der Waals surface area contributed by atoms with Crippen molar-refractivity contribution in [2.75, 3.05) is 18.4 Å². The van der Waals surface area contributed by atoms with Gasteiger partial charge in [-0.25, -0.2) is 4.79 Å². The number of carbonyl (C=O) groups excluding carboxylic acids is 1. The van der Waals surface area contributed by atoms with E-state index in [1.807, 2.05) is 20.8 Å². The van der Waals surface area contributed by atoms with Gasteiger partial charge in [-0.3, -0.25) is 0 Å². The van der Waals surface area contributed by atoms with Crippen LogP contribution in [0.2, 0.25) is 0 Å². The molecule has 0 spiro atoms. The van der Waals surface area contributed by atoms with E-state index in [4.69, 9.17) is 4.74 Å². The number of halogens is 2. The lowest BCUT2D eigenvalue weighted by Gasteiger charge is -2.34. The SMILES string of the molecule is CC(C)(C)OC(=O)N1CCCC(Nc2cccc(OC(F)F)c2)C1. The van der Waals surface area contributed by atoms with Crippen LogP contribution >= 0.6 is 0 Å². The van der Waals surface area contributed by atoms with Gasteiger partial charge >= 0.3 is 12.7 Å². The van der Waals surface area contributed by atoms with Gasteiger partial charge in [-0.1, -0.05) is 6.07 Å². The minimum Gasteiger partial charge on any atom is -0.444 e. The maximum absolute atomic E-state index is 12.3. The summed E-state index contributed by atoms with van der Waals surface area (Å²) in [5, 5.41) is 3.27. The van der Waals surface area contributed by atoms with Gasteiger partial charge < -0.3 is 19.7 Å². The van der Waals surface area contributed by atoms with E-state index in [0.29, 0.717) is 18.8 Å². The first-order valence-electron chi connectivity index (χ1n) is 8.02. The number of nitrogens with zero attached hydrogens (tertiary/aromatic N) is 1. The monoisotopic (exact) mass is 342 g/mol. The Morgan fingerprint density at radius 3 is 2.79 bits per heavy atom. The molecule has 1 fully saturated rings. The van der Waals surface area contributed by atoms with Crippen molar-refractivity contribution in [1.29, 1.82) is 0 Å². The standard InChI is InChI=1S/C17H24F2N2O3/c1-17(2,3)24-16(22)21-9-5-7-13(11-21)20-12-6-4-8-14(10-12)23-15(18)19/h4,6,8,10,13,15,20H,5,7,9,11H2,1-3H3. The number of nitrogens with one attached hydrogen (secondary N) is 1. The van der Waals surface area contributed by atoms with Crippen LogP contribution in [0.4, 0.5) is 19.3 Å². The fourth-order valence-electron chi connectivity index (χ4n) is 2.59. The number of anilines is 1. The molecular weight excluding hydrogens is 318 g/mol. The zero-order chi connectivity index (χ0) is 17.7. The summed E-state index contributed by atoms with van der Waals surface area (Å²) in [6, 6.07) is 6.47. The van der Waals surface area contributed by atoms with Gasteiger partial charge in [-0.05, 0) is 45.7 Å². The molecule has 1 aromatic rings. The molecule has 1 saturated heterocycles. The molecule has 24 heavy (non-hydrogen) atoms. The highest BCUT2D eigenvalue weighted by Gasteiger charge is 2.27. The first-order valence-corrected chi connectivity index (χ1v) is 8.02. The summed E-state index contributed by atoms with van der Waals surface area (Å²) in [5.74, 6) is 0.106. The summed E-state index contributed by atoms with van der Waals surface area (Å²) in [5.41, 5.74) is 0.155. The van der Waals surface area contributed by atoms with Crippen molar-refractivity contribution in [2.45, 2.75) is 51.9 Å². The zero-order valence-corrected chi connectivity index (χ0v) is 14.2. The average Bonchev–Trinajstić information content (AvgIpc) is 2.45. The number of rotatable bonds is 4. The normalized spacial score (nSPS) is 18.4. The third-order valence-electron chi connectivity index (χ3n) is 3.50. The molecule has 2 rings (SSSR count). The number of ether oxygens (including phenoxy) is 2. The van der Waals surface area contributed by atoms with Gasteiger partial charge in [0.05, 0.1) is 0 Å². The lowest BCUT2D eigenvalue weighted by atomic mass is 10.1. The number of hydrogen-bond donors (Lipinski definition) is 1. The Balaban J connectivity index is 1.94. The third kappa shape index (κ3) is 5.86. The van der Waals surface area contributed by atoms with Crippen molar-refractivity contribution < 1.29 is 23.0 Å². The number of hydrogen-bond acceptors (Lipinski definition) is 4. The molecule has 0 saturated carbocycles. The molecule has 0 radical (unpaired) electrons. The molecule has 1 heterocycles. The molecule has 1 aliphatic rings. The molecule has 7 heteroatoms. The van der Waals surface area contributed by atoms with Crippen LogP contribution in [0.25, 0.3) is 0 Å². The van der Waals surface area contributed by atoms with E-state index in [9.17, 15) is 13.6 Å². The van der Waals surface area contributed by atoms with Gasteiger partial charge in [0.15, 0.2) is 0 Å². The highest BCUT2D eigenvalue weighted by Crippen LogP contribution is 2.22. The summed E-state index contributed by atoms with van der Waals surface area (Å²) in [4.78, 5) is 13.8. The van der Waals surface area contributed by atoms with Crippen LogP contribution in [0.3, 0.4) is 0 Å². The minimum absolute atomic E-state index is 0.0352. The molecule has 134 valence electrons. The first-order chi connectivity index (χ1) is 11.2. The zero-order valence-electron chi connectivity index (χ0n) is 14.2. The highest BCUT2D eigenvalue weighted by molar-refractivity contribution is 5.68. The molecule has 1 aliphatic heterocycles. The first kappa shape index (κ1) is 18.3. The molecule has 0 bridgehead atoms. The minimum atomic E-state index is -2.85. The van der Waals surface area contributed by atoms with Gasteiger partial charge in [0.1, 0.15) is 11.4 Å². The smallest absolute Gasteiger partial charge is 0.410 e. The van der Waals surface area contributed by atoms with Gasteiger partial charge in [-0.15, -0.1) is 0 Å². The summed E-state index contributed by atoms with van der Waals surface area (Å²) in [6.45, 7) is 3.81. The maximum atomic E-state index is 12.3. The van der Waals surface area contributed by atoms with Gasteiger partial charge in [0.25, 0.3) is 0 Å². The van der Waals surface area contributed by atoms with E-state index in [2.05, 4.69) is 10.1 Å². The van der Waals surface area contributed by atoms with Gasteiger partial charge in [-0.2, -0.15) is 8.78 Å². The molecule has 1 N–H and O–H groups in total. The number of amides is 1. The number of carbonyl (C=O) groups is 1. The highest BCUT2D eigenvalue weighted by atomic mass is 19.3. The second-order valence-corrected chi connectivity index (χ2v) is 6.82. The fourth-order valence-corrected chi connectivity index (χ4v) is 2.59. The lowest BCUT2D eigenvalue weighted by molar-refractivity contribution is -0.0498. The van der Waals surface area contributed by atoms with Crippen molar-refractivity contribution >= 4 is 11.8 Å². The predicted octanol–water partition coefficient (Wildman–Crippen LogP) is 4.10. The van der Waals surface area contributed by atoms with E-state index < -0.39 is 12.2 Å². The van der Waals surface area contributed by atoms with Crippen LogP contribution in [-0.4, -0.2) is 42.3 Å². The number of benzene rings is 1. The summed E-state index contributed by atoms with van der Waals surface area (Å²) < 4.78 is 34.4. The van der Waals surface area contributed by atoms with Crippen LogP contribution in [0.1, 0.15) is 33.6 Å². The maximum Gasteiger partial charge on any atom is 0.410 e. The summed E-state index contributed by atoms with van der Waals surface area (Å²) >= 11 is 0. The molecule has 1 unspecified atom stereocenters. The Hall–Kier alpha value is -2.05. The van der Waals surface area contributed by atoms with Crippen LogP contribution in [0.5, 0.6) is 5.75 Å². The average molecular weight is 342 g/mol. The van der Waals surface area contributed by atoms with Crippen LogP contribution in [-0.2, 0) is 4.74 Å². The Labute approximate surface area is 140 Å². The van der Waals surface area contributed by atoms with Gasteiger partial charge in [0.2, 0.25) is 0 Å². The van der Waals surface area contributed by atoms with Gasteiger partial charge in [0, 0.05) is 30.9 Å². The lowest BCUT2D eigenvalue weighted by Crippen LogP contribution is -2.46. The van der Waals surface area contributed by atoms with E-state index in [1.54, 1.807) is 17.0 Å². The van der Waals surface area contributed by atoms with Crippen molar-refractivity contribution in [2.24, 2.45) is 0 Å². The Kier molecular flexibility index (Phi) is 5.85. The second-order valence-electron chi connectivity index (χ2n) is 6.82. The van der Waals surface area contributed by atoms with Crippen molar-refractivity contribution in [1.82, 2.24) is 4.90 Å². The molecule has 1 aromatic carbocycles.